The lowest BCUT2D eigenvalue weighted by molar-refractivity contribution is 0.0935. The van der Waals surface area contributed by atoms with E-state index < -0.39 is 6.17 Å². The third kappa shape index (κ3) is 3.17. The topological polar surface area (TPSA) is 59.0 Å². The molecule has 1 amide bonds. The second-order valence-corrected chi connectivity index (χ2v) is 6.98. The Bertz CT molecular complexity index is 1030. The molecule has 2 heterocycles. The number of amides is 1. The lowest BCUT2D eigenvalue weighted by Crippen LogP contribution is -2.39. The number of aryl methyl sites for hydroxylation is 2. The highest BCUT2D eigenvalue weighted by atomic mass is 35.5. The van der Waals surface area contributed by atoms with E-state index in [1.807, 2.05) is 32.0 Å². The van der Waals surface area contributed by atoms with Crippen LogP contribution in [0.25, 0.3) is 0 Å². The Morgan fingerprint density at radius 3 is 2.63 bits per heavy atom. The zero-order chi connectivity index (χ0) is 19.1. The highest BCUT2D eigenvalue weighted by Gasteiger charge is 2.30. The summed E-state index contributed by atoms with van der Waals surface area (Å²) in [5.74, 6) is -0.432. The van der Waals surface area contributed by atoms with Crippen LogP contribution in [0.5, 0.6) is 0 Å². The maximum atomic E-state index is 13.1. The zero-order valence-corrected chi connectivity index (χ0v) is 15.6. The summed E-state index contributed by atoms with van der Waals surface area (Å²) in [7, 11) is 0. The van der Waals surface area contributed by atoms with Gasteiger partial charge < -0.3 is 10.6 Å². The van der Waals surface area contributed by atoms with Gasteiger partial charge in [-0.1, -0.05) is 35.9 Å². The number of hydrogen-bond acceptors (Lipinski definition) is 3. The summed E-state index contributed by atoms with van der Waals surface area (Å²) in [6, 6.07) is 11.9. The summed E-state index contributed by atoms with van der Waals surface area (Å²) in [5.41, 5.74) is 4.64. The molecule has 5 nitrogen and oxygen atoms in total. The average Bonchev–Trinajstić information content (AvgIpc) is 2.90. The summed E-state index contributed by atoms with van der Waals surface area (Å²) in [6.07, 6.45) is -0.471. The first-order valence-corrected chi connectivity index (χ1v) is 8.96. The van der Waals surface area contributed by atoms with Crippen molar-refractivity contribution in [1.29, 1.82) is 0 Å². The summed E-state index contributed by atoms with van der Waals surface area (Å²) in [6.45, 7) is 4.16. The van der Waals surface area contributed by atoms with Gasteiger partial charge in [0.25, 0.3) is 5.91 Å². The van der Waals surface area contributed by atoms with Gasteiger partial charge in [0.2, 0.25) is 0 Å². The van der Waals surface area contributed by atoms with Gasteiger partial charge >= 0.3 is 0 Å². The fourth-order valence-corrected chi connectivity index (χ4v) is 3.73. The van der Waals surface area contributed by atoms with Gasteiger partial charge in [0.05, 0.1) is 23.4 Å². The second kappa shape index (κ2) is 6.70. The van der Waals surface area contributed by atoms with Gasteiger partial charge in [-0.25, -0.2) is 9.07 Å². The zero-order valence-electron chi connectivity index (χ0n) is 14.9. The normalized spacial score (nSPS) is 15.9. The molecule has 1 aliphatic rings. The van der Waals surface area contributed by atoms with E-state index in [9.17, 15) is 9.18 Å². The molecule has 4 rings (SSSR count). The number of fused-ring (bicyclic) bond motifs is 1. The Morgan fingerprint density at radius 1 is 1.15 bits per heavy atom. The highest BCUT2D eigenvalue weighted by Crippen LogP contribution is 2.33. The number of anilines is 1. The molecule has 1 aromatic heterocycles. The van der Waals surface area contributed by atoms with Crippen molar-refractivity contribution in [2.75, 3.05) is 5.32 Å². The molecule has 1 aliphatic heterocycles. The molecule has 138 valence electrons. The SMILES string of the molecule is Cc1cccc2c1C(=O)N[C@H](c1c(C)nn(Cc3ccc(F)cc3)c1Cl)N2. The summed E-state index contributed by atoms with van der Waals surface area (Å²) in [5, 5.41) is 11.2. The Labute approximate surface area is 161 Å². The number of nitrogens with one attached hydrogen (secondary N) is 2. The van der Waals surface area contributed by atoms with Gasteiger partial charge in [0, 0.05) is 5.69 Å². The summed E-state index contributed by atoms with van der Waals surface area (Å²) >= 11 is 6.59. The first kappa shape index (κ1) is 17.5. The van der Waals surface area contributed by atoms with Crippen LogP contribution in [0.4, 0.5) is 10.1 Å². The largest absolute Gasteiger partial charge is 0.361 e. The van der Waals surface area contributed by atoms with Crippen LogP contribution in [-0.4, -0.2) is 15.7 Å². The van der Waals surface area contributed by atoms with Crippen LogP contribution < -0.4 is 10.6 Å². The van der Waals surface area contributed by atoms with Gasteiger partial charge in [-0.15, -0.1) is 0 Å². The lowest BCUT2D eigenvalue weighted by Gasteiger charge is -2.29. The maximum absolute atomic E-state index is 13.1. The Balaban J connectivity index is 1.66. The minimum Gasteiger partial charge on any atom is -0.361 e. The lowest BCUT2D eigenvalue weighted by atomic mass is 10.0. The van der Waals surface area contributed by atoms with Crippen molar-refractivity contribution in [1.82, 2.24) is 15.1 Å². The monoisotopic (exact) mass is 384 g/mol. The van der Waals surface area contributed by atoms with Crippen molar-refractivity contribution in [3.8, 4) is 0 Å². The van der Waals surface area contributed by atoms with Crippen LogP contribution in [0.1, 0.15) is 38.9 Å². The number of aromatic nitrogens is 2. The number of rotatable bonds is 3. The van der Waals surface area contributed by atoms with Crippen molar-refractivity contribution in [2.45, 2.75) is 26.6 Å². The smallest absolute Gasteiger partial charge is 0.255 e. The average molecular weight is 385 g/mol. The molecule has 0 bridgehead atoms. The van der Waals surface area contributed by atoms with Gasteiger partial charge in [0.1, 0.15) is 17.1 Å². The molecule has 7 heteroatoms. The molecule has 27 heavy (non-hydrogen) atoms. The molecular formula is C20H18ClFN4O. The van der Waals surface area contributed by atoms with Crippen LogP contribution in [0.3, 0.4) is 0 Å². The minimum atomic E-state index is -0.471. The molecule has 2 aromatic carbocycles. The summed E-state index contributed by atoms with van der Waals surface area (Å²) in [4.78, 5) is 12.6. The van der Waals surface area contributed by atoms with Crippen LogP contribution in [0.15, 0.2) is 42.5 Å². The van der Waals surface area contributed by atoms with E-state index in [0.717, 1.165) is 28.1 Å². The number of hydrogen-bond donors (Lipinski definition) is 2. The van der Waals surface area contributed by atoms with Crippen LogP contribution in [-0.2, 0) is 6.54 Å². The molecule has 0 saturated carbocycles. The quantitative estimate of drug-likeness (QED) is 0.711. The molecule has 3 aromatic rings. The first-order chi connectivity index (χ1) is 12.9. The van der Waals surface area contributed by atoms with Crippen molar-refractivity contribution >= 4 is 23.2 Å². The molecule has 0 spiro atoms. The Kier molecular flexibility index (Phi) is 4.36. The second-order valence-electron chi connectivity index (χ2n) is 6.62. The van der Waals surface area contributed by atoms with Crippen LogP contribution in [0, 0.1) is 19.7 Å². The molecule has 2 N–H and O–H groups in total. The van der Waals surface area contributed by atoms with E-state index in [4.69, 9.17) is 11.6 Å². The van der Waals surface area contributed by atoms with Crippen molar-refractivity contribution in [3.63, 3.8) is 0 Å². The van der Waals surface area contributed by atoms with Crippen molar-refractivity contribution in [2.24, 2.45) is 0 Å². The predicted octanol–water partition coefficient (Wildman–Crippen LogP) is 4.19. The van der Waals surface area contributed by atoms with E-state index in [0.29, 0.717) is 17.3 Å². The molecule has 0 unspecified atom stereocenters. The molecule has 0 radical (unpaired) electrons. The highest BCUT2D eigenvalue weighted by molar-refractivity contribution is 6.30. The van der Waals surface area contributed by atoms with E-state index in [1.54, 1.807) is 16.8 Å². The van der Waals surface area contributed by atoms with E-state index in [1.165, 1.54) is 12.1 Å². The molecule has 0 aliphatic carbocycles. The Hall–Kier alpha value is -2.86. The predicted molar refractivity (Wildman–Crippen MR) is 102 cm³/mol. The fraction of sp³-hybridized carbons (Fsp3) is 0.200. The van der Waals surface area contributed by atoms with Gasteiger partial charge in [0.15, 0.2) is 0 Å². The maximum Gasteiger partial charge on any atom is 0.255 e. The number of halogens is 2. The molecule has 0 saturated heterocycles. The molecule has 1 atom stereocenters. The van der Waals surface area contributed by atoms with Gasteiger partial charge in [-0.3, -0.25) is 4.79 Å². The van der Waals surface area contributed by atoms with Crippen molar-refractivity contribution < 1.29 is 9.18 Å². The van der Waals surface area contributed by atoms with E-state index in [-0.39, 0.29) is 11.7 Å². The number of benzene rings is 2. The number of carbonyl (C=O) groups is 1. The fourth-order valence-electron chi connectivity index (χ4n) is 3.39. The van der Waals surface area contributed by atoms with Crippen LogP contribution >= 0.6 is 11.6 Å². The van der Waals surface area contributed by atoms with Gasteiger partial charge in [-0.2, -0.15) is 5.10 Å². The van der Waals surface area contributed by atoms with E-state index in [2.05, 4.69) is 15.7 Å². The Morgan fingerprint density at radius 2 is 1.89 bits per heavy atom. The van der Waals surface area contributed by atoms with Crippen LogP contribution in [0.2, 0.25) is 5.15 Å². The first-order valence-electron chi connectivity index (χ1n) is 8.58. The minimum absolute atomic E-state index is 0.145. The third-order valence-electron chi connectivity index (χ3n) is 4.72. The summed E-state index contributed by atoms with van der Waals surface area (Å²) < 4.78 is 14.8. The van der Waals surface area contributed by atoms with Gasteiger partial charge in [-0.05, 0) is 43.2 Å². The standard InChI is InChI=1S/C20H18ClFN4O/c1-11-4-3-5-15-16(11)20(27)24-19(23-15)17-12(2)25-26(18(17)21)10-13-6-8-14(22)9-7-13/h3-9,19,23H,10H2,1-2H3,(H,24,27)/t19-/m1/s1. The third-order valence-corrected chi connectivity index (χ3v) is 5.12. The number of carbonyl (C=O) groups excluding carboxylic acids is 1. The van der Waals surface area contributed by atoms with E-state index >= 15 is 0 Å². The number of nitrogens with zero attached hydrogens (tertiary/aromatic N) is 2. The molecular weight excluding hydrogens is 367 g/mol. The molecule has 0 fully saturated rings. The van der Waals surface area contributed by atoms with Crippen molar-refractivity contribution in [3.05, 3.63) is 81.4 Å².